The van der Waals surface area contributed by atoms with Crippen molar-refractivity contribution in [1.29, 1.82) is 0 Å². The van der Waals surface area contributed by atoms with E-state index in [9.17, 15) is 4.39 Å². The van der Waals surface area contributed by atoms with Crippen molar-refractivity contribution in [3.63, 3.8) is 0 Å². The number of anilines is 1. The molecule has 1 aromatic heterocycles. The van der Waals surface area contributed by atoms with Gasteiger partial charge in [0, 0.05) is 22.5 Å². The second kappa shape index (κ2) is 5.09. The van der Waals surface area contributed by atoms with Crippen LogP contribution in [-0.4, -0.2) is 9.55 Å². The van der Waals surface area contributed by atoms with E-state index in [1.165, 1.54) is 6.07 Å². The maximum atomic E-state index is 14.1. The monoisotopic (exact) mass is 295 g/mol. The number of rotatable bonds is 2. The van der Waals surface area contributed by atoms with E-state index < -0.39 is 5.82 Å². The first-order valence-corrected chi connectivity index (χ1v) is 6.95. The summed E-state index contributed by atoms with van der Waals surface area (Å²) in [5.41, 5.74) is 6.85. The molecule has 0 atom stereocenters. The average molecular weight is 296 g/mol. The number of benzene rings is 1. The molecule has 0 bridgehead atoms. The first kappa shape index (κ1) is 14.9. The van der Waals surface area contributed by atoms with Crippen LogP contribution in [-0.2, 0) is 12.0 Å². The van der Waals surface area contributed by atoms with Gasteiger partial charge in [0.05, 0.1) is 0 Å². The molecule has 2 N–H and O–H groups in total. The number of hydrogen-bond acceptors (Lipinski definition) is 2. The lowest BCUT2D eigenvalue weighted by molar-refractivity contribution is 0.508. The SMILES string of the molecule is CCn1c(C(C)(C)C)nc(-c2ccc(Cl)cc2F)c1N. The summed E-state index contributed by atoms with van der Waals surface area (Å²) in [6.07, 6.45) is 0. The summed E-state index contributed by atoms with van der Waals surface area (Å²) in [6.45, 7) is 8.87. The molecule has 0 aliphatic carbocycles. The van der Waals surface area contributed by atoms with Crippen LogP contribution in [0.15, 0.2) is 18.2 Å². The number of halogens is 2. The third-order valence-electron chi connectivity index (χ3n) is 3.18. The summed E-state index contributed by atoms with van der Waals surface area (Å²) < 4.78 is 16.0. The van der Waals surface area contributed by atoms with Gasteiger partial charge in [-0.05, 0) is 25.1 Å². The van der Waals surface area contributed by atoms with Crippen LogP contribution in [0.4, 0.5) is 10.2 Å². The molecule has 0 aliphatic heterocycles. The zero-order valence-electron chi connectivity index (χ0n) is 12.2. The molecule has 0 aliphatic rings. The van der Waals surface area contributed by atoms with Crippen LogP contribution in [0.5, 0.6) is 0 Å². The van der Waals surface area contributed by atoms with E-state index in [-0.39, 0.29) is 5.41 Å². The van der Waals surface area contributed by atoms with Gasteiger partial charge in [0.25, 0.3) is 0 Å². The van der Waals surface area contributed by atoms with E-state index in [4.69, 9.17) is 17.3 Å². The average Bonchev–Trinajstić information content (AvgIpc) is 2.66. The van der Waals surface area contributed by atoms with Crippen molar-refractivity contribution < 1.29 is 4.39 Å². The van der Waals surface area contributed by atoms with Crippen LogP contribution in [0.1, 0.15) is 33.5 Å². The van der Waals surface area contributed by atoms with E-state index in [2.05, 4.69) is 25.8 Å². The zero-order valence-corrected chi connectivity index (χ0v) is 12.9. The van der Waals surface area contributed by atoms with E-state index >= 15 is 0 Å². The molecule has 2 rings (SSSR count). The van der Waals surface area contributed by atoms with Crippen LogP contribution in [0.25, 0.3) is 11.3 Å². The van der Waals surface area contributed by atoms with Gasteiger partial charge in [-0.3, -0.25) is 0 Å². The highest BCUT2D eigenvalue weighted by Crippen LogP contribution is 2.33. The number of nitrogens with zero attached hydrogens (tertiary/aromatic N) is 2. The number of hydrogen-bond donors (Lipinski definition) is 1. The molecule has 1 heterocycles. The number of nitrogens with two attached hydrogens (primary N) is 1. The number of imidazole rings is 1. The highest BCUT2D eigenvalue weighted by molar-refractivity contribution is 6.30. The van der Waals surface area contributed by atoms with Crippen molar-refractivity contribution in [3.05, 3.63) is 34.9 Å². The Morgan fingerprint density at radius 1 is 1.35 bits per heavy atom. The molecule has 108 valence electrons. The van der Waals surface area contributed by atoms with Crippen molar-refractivity contribution in [2.75, 3.05) is 5.73 Å². The molecular formula is C15H19ClFN3. The molecule has 0 amide bonds. The maximum absolute atomic E-state index is 14.1. The summed E-state index contributed by atoms with van der Waals surface area (Å²) >= 11 is 5.78. The Kier molecular flexibility index (Phi) is 3.78. The fourth-order valence-electron chi connectivity index (χ4n) is 2.24. The largest absolute Gasteiger partial charge is 0.383 e. The molecule has 0 saturated heterocycles. The Labute approximate surface area is 123 Å². The van der Waals surface area contributed by atoms with Gasteiger partial charge in [0.1, 0.15) is 23.2 Å². The molecule has 0 unspecified atom stereocenters. The highest BCUT2D eigenvalue weighted by atomic mass is 35.5. The van der Waals surface area contributed by atoms with E-state index in [0.717, 1.165) is 5.82 Å². The van der Waals surface area contributed by atoms with E-state index in [1.807, 2.05) is 11.5 Å². The van der Waals surface area contributed by atoms with Gasteiger partial charge >= 0.3 is 0 Å². The summed E-state index contributed by atoms with van der Waals surface area (Å²) in [7, 11) is 0. The Hall–Kier alpha value is -1.55. The lowest BCUT2D eigenvalue weighted by Crippen LogP contribution is -2.19. The molecule has 5 heteroatoms. The fourth-order valence-corrected chi connectivity index (χ4v) is 2.40. The fraction of sp³-hybridized carbons (Fsp3) is 0.400. The lowest BCUT2D eigenvalue weighted by Gasteiger charge is -2.19. The predicted molar refractivity (Wildman–Crippen MR) is 81.4 cm³/mol. The van der Waals surface area contributed by atoms with E-state index in [0.29, 0.717) is 28.6 Å². The van der Waals surface area contributed by atoms with Gasteiger partial charge in [-0.1, -0.05) is 32.4 Å². The van der Waals surface area contributed by atoms with Crippen LogP contribution >= 0.6 is 11.6 Å². The van der Waals surface area contributed by atoms with Gasteiger partial charge in [-0.2, -0.15) is 0 Å². The normalized spacial score (nSPS) is 11.9. The van der Waals surface area contributed by atoms with Gasteiger partial charge < -0.3 is 10.3 Å². The summed E-state index contributed by atoms with van der Waals surface area (Å²) in [4.78, 5) is 4.57. The third kappa shape index (κ3) is 2.52. The first-order chi connectivity index (χ1) is 9.25. The topological polar surface area (TPSA) is 43.8 Å². The van der Waals surface area contributed by atoms with Crippen molar-refractivity contribution in [2.24, 2.45) is 0 Å². The summed E-state index contributed by atoms with van der Waals surface area (Å²) in [5, 5.41) is 0.357. The summed E-state index contributed by atoms with van der Waals surface area (Å²) in [5.74, 6) is 0.922. The molecular weight excluding hydrogens is 277 g/mol. The van der Waals surface area contributed by atoms with Crippen molar-refractivity contribution in [2.45, 2.75) is 39.7 Å². The Balaban J connectivity index is 2.67. The maximum Gasteiger partial charge on any atom is 0.134 e. The second-order valence-corrected chi connectivity index (χ2v) is 6.22. The molecule has 0 fully saturated rings. The smallest absolute Gasteiger partial charge is 0.134 e. The molecule has 2 aromatic rings. The van der Waals surface area contributed by atoms with E-state index in [1.54, 1.807) is 12.1 Å². The van der Waals surface area contributed by atoms with Gasteiger partial charge in [-0.25, -0.2) is 9.37 Å². The molecule has 20 heavy (non-hydrogen) atoms. The van der Waals surface area contributed by atoms with Crippen LogP contribution in [0, 0.1) is 5.82 Å². The Morgan fingerprint density at radius 3 is 2.45 bits per heavy atom. The van der Waals surface area contributed by atoms with Crippen LogP contribution < -0.4 is 5.73 Å². The highest BCUT2D eigenvalue weighted by Gasteiger charge is 2.25. The molecule has 0 radical (unpaired) electrons. The minimum atomic E-state index is -0.412. The minimum Gasteiger partial charge on any atom is -0.383 e. The molecule has 0 saturated carbocycles. The Morgan fingerprint density at radius 2 is 2.00 bits per heavy atom. The second-order valence-electron chi connectivity index (χ2n) is 5.79. The number of nitrogen functional groups attached to an aromatic ring is 1. The molecule has 1 aromatic carbocycles. The summed E-state index contributed by atoms with van der Waals surface area (Å²) in [6, 6.07) is 4.53. The Bertz CT molecular complexity index is 641. The van der Waals surface area contributed by atoms with Gasteiger partial charge in [0.2, 0.25) is 0 Å². The lowest BCUT2D eigenvalue weighted by atomic mass is 9.95. The van der Waals surface area contributed by atoms with Crippen LogP contribution in [0.2, 0.25) is 5.02 Å². The standard InChI is InChI=1S/C15H19ClFN3/c1-5-20-13(18)12(19-14(20)15(2,3)4)10-7-6-9(16)8-11(10)17/h6-8H,5,18H2,1-4H3. The predicted octanol–water partition coefficient (Wildman–Crippen LogP) is 4.24. The van der Waals surface area contributed by atoms with Gasteiger partial charge in [0.15, 0.2) is 0 Å². The first-order valence-electron chi connectivity index (χ1n) is 6.57. The van der Waals surface area contributed by atoms with Gasteiger partial charge in [-0.15, -0.1) is 0 Å². The van der Waals surface area contributed by atoms with Crippen molar-refractivity contribution in [1.82, 2.24) is 9.55 Å². The zero-order chi connectivity index (χ0) is 15.1. The number of aromatic nitrogens is 2. The third-order valence-corrected chi connectivity index (χ3v) is 3.42. The molecule has 3 nitrogen and oxygen atoms in total. The minimum absolute atomic E-state index is 0.161. The van der Waals surface area contributed by atoms with Crippen molar-refractivity contribution >= 4 is 17.4 Å². The molecule has 0 spiro atoms. The van der Waals surface area contributed by atoms with Crippen LogP contribution in [0.3, 0.4) is 0 Å². The van der Waals surface area contributed by atoms with Crippen molar-refractivity contribution in [3.8, 4) is 11.3 Å². The quantitative estimate of drug-likeness (QED) is 0.900.